The number of non-ortho nitro benzene ring substituents is 3. The van der Waals surface area contributed by atoms with Crippen LogP contribution in [0.4, 0.5) is 51.2 Å². The number of nitrogens with zero attached hydrogens (tertiary/aromatic N) is 3. The van der Waals surface area contributed by atoms with E-state index in [0.717, 1.165) is 46.7 Å². The summed E-state index contributed by atoms with van der Waals surface area (Å²) in [6.45, 7) is 7.66. The molecule has 0 unspecified atom stereocenters. The van der Waals surface area contributed by atoms with Crippen LogP contribution in [0.3, 0.4) is 0 Å². The average molecular weight is 1130 g/mol. The van der Waals surface area contributed by atoms with Gasteiger partial charge in [-0.2, -0.15) is 0 Å². The van der Waals surface area contributed by atoms with Gasteiger partial charge in [0, 0.05) is 102 Å². The molecule has 5 N–H and O–H groups in total. The molecule has 0 fully saturated rings. The van der Waals surface area contributed by atoms with Crippen molar-refractivity contribution in [2.24, 2.45) is 0 Å². The highest BCUT2D eigenvalue weighted by atomic mass is 16.6. The van der Waals surface area contributed by atoms with Crippen LogP contribution < -0.4 is 32.8 Å². The molecule has 83 heavy (non-hydrogen) atoms. The van der Waals surface area contributed by atoms with E-state index < -0.39 is 43.6 Å². The lowest BCUT2D eigenvalue weighted by Crippen LogP contribution is -1.98. The van der Waals surface area contributed by atoms with Gasteiger partial charge in [0.1, 0.15) is 35.5 Å². The number of nitrogens with one attached hydrogen (secondary N) is 3. The highest BCUT2D eigenvalue weighted by Gasteiger charge is 2.19. The minimum Gasteiger partial charge on any atom is -0.481 e. The van der Waals surface area contributed by atoms with Gasteiger partial charge < -0.3 is 52.7 Å². The number of nitro groups is 3. The quantitative estimate of drug-likeness (QED) is 0.0509. The molecule has 12 aromatic rings. The number of anilines is 6. The Morgan fingerprint density at radius 3 is 0.916 bits per heavy atom. The molecule has 25 nitrogen and oxygen atoms in total. The van der Waals surface area contributed by atoms with Gasteiger partial charge in [-0.3, -0.25) is 39.9 Å². The van der Waals surface area contributed by atoms with Crippen LogP contribution in [-0.4, -0.2) is 36.9 Å². The highest BCUT2D eigenvalue weighted by molar-refractivity contribution is 6.12. The molecular weight excluding hydrogens is 1080 g/mol. The minimum atomic E-state index is -0.833. The molecule has 0 saturated heterocycles. The Labute approximate surface area is 463 Å². The van der Waals surface area contributed by atoms with Gasteiger partial charge >= 0.3 is 16.9 Å². The summed E-state index contributed by atoms with van der Waals surface area (Å²) in [7, 11) is 0. The average Bonchev–Trinajstić information content (AvgIpc) is 4.28. The maximum absolute atomic E-state index is 11.8. The molecule has 0 aliphatic heterocycles. The zero-order chi connectivity index (χ0) is 59.8. The van der Waals surface area contributed by atoms with Crippen molar-refractivity contribution in [2.45, 2.75) is 34.6 Å². The molecule has 0 spiro atoms. The number of hydrogen-bond acceptors (Lipinski definition) is 20. The van der Waals surface area contributed by atoms with Gasteiger partial charge in [-0.25, -0.2) is 14.4 Å². The second-order valence-corrected chi connectivity index (χ2v) is 18.0. The molecule has 6 aromatic heterocycles. The van der Waals surface area contributed by atoms with Crippen LogP contribution in [0.1, 0.15) is 30.5 Å². The summed E-state index contributed by atoms with van der Waals surface area (Å²) >= 11 is 0. The second-order valence-electron chi connectivity index (χ2n) is 18.0. The fourth-order valence-electron chi connectivity index (χ4n) is 8.54. The molecule has 0 amide bonds. The van der Waals surface area contributed by atoms with Crippen molar-refractivity contribution in [2.75, 3.05) is 16.0 Å². The van der Waals surface area contributed by atoms with Gasteiger partial charge in [0.2, 0.25) is 0 Å². The summed E-state index contributed by atoms with van der Waals surface area (Å²) in [5.74, 6) is -1.67. The molecule has 0 aliphatic carbocycles. The molecule has 12 rings (SSSR count). The van der Waals surface area contributed by atoms with Crippen molar-refractivity contribution in [1.29, 1.82) is 0 Å². The van der Waals surface area contributed by atoms with Gasteiger partial charge in [0.05, 0.1) is 48.0 Å². The fraction of sp³-hybridized carbons (Fsp3) is 0.0862. The van der Waals surface area contributed by atoms with Crippen LogP contribution in [0, 0.1) is 51.1 Å². The summed E-state index contributed by atoms with van der Waals surface area (Å²) in [6, 6.07) is 33.6. The molecule has 0 bridgehead atoms. The zero-order valence-electron chi connectivity index (χ0n) is 44.0. The van der Waals surface area contributed by atoms with Crippen LogP contribution >= 0.6 is 0 Å². The van der Waals surface area contributed by atoms with Crippen LogP contribution in [0.15, 0.2) is 187 Å². The third-order valence-electron chi connectivity index (χ3n) is 12.0. The van der Waals surface area contributed by atoms with Crippen LogP contribution in [0.5, 0.6) is 0 Å². The number of fused-ring (bicyclic) bond motifs is 9. The van der Waals surface area contributed by atoms with E-state index in [1.54, 1.807) is 54.6 Å². The topological polar surface area (TPSA) is 370 Å². The molecule has 6 aromatic carbocycles. The molecule has 25 heteroatoms. The van der Waals surface area contributed by atoms with Crippen molar-refractivity contribution < 1.29 is 61.1 Å². The van der Waals surface area contributed by atoms with E-state index in [0.29, 0.717) is 83.8 Å². The fourth-order valence-corrected chi connectivity index (χ4v) is 8.54. The van der Waals surface area contributed by atoms with E-state index >= 15 is 0 Å². The Bertz CT molecular complexity index is 4230. The van der Waals surface area contributed by atoms with Gasteiger partial charge in [-0.1, -0.05) is 18.2 Å². The predicted octanol–water partition coefficient (Wildman–Crippen LogP) is 13.7. The summed E-state index contributed by atoms with van der Waals surface area (Å²) in [4.78, 5) is 84.7. The minimum absolute atomic E-state index is 0.0231. The summed E-state index contributed by atoms with van der Waals surface area (Å²) in [5.41, 5.74) is 7.20. The number of aliphatic carboxylic acids is 2. The Morgan fingerprint density at radius 1 is 0.422 bits per heavy atom. The maximum Gasteiger partial charge on any atom is 0.336 e. The Morgan fingerprint density at radius 2 is 0.675 bits per heavy atom. The summed E-state index contributed by atoms with van der Waals surface area (Å²) in [5, 5.41) is 61.1. The number of benzene rings is 6. The number of carboxylic acids is 2. The third-order valence-corrected chi connectivity index (χ3v) is 12.0. The maximum atomic E-state index is 11.8. The van der Waals surface area contributed by atoms with E-state index in [2.05, 4.69) is 16.0 Å². The number of hydrogen-bond donors (Lipinski definition) is 5. The van der Waals surface area contributed by atoms with Gasteiger partial charge in [0.25, 0.3) is 29.0 Å². The van der Waals surface area contributed by atoms with Crippen LogP contribution in [0.2, 0.25) is 0 Å². The van der Waals surface area contributed by atoms with E-state index in [4.69, 9.17) is 46.3 Å². The molecule has 0 saturated carbocycles. The normalized spacial score (nSPS) is 10.6. The Hall–Kier alpha value is -11.9. The first kappa shape index (κ1) is 57.3. The van der Waals surface area contributed by atoms with Crippen LogP contribution in [0.25, 0.3) is 65.8 Å². The monoisotopic (exact) mass is 1130 g/mol. The zero-order valence-corrected chi connectivity index (χ0v) is 44.0. The lowest BCUT2D eigenvalue weighted by Gasteiger charge is -2.06. The van der Waals surface area contributed by atoms with Crippen molar-refractivity contribution >= 4 is 129 Å². The largest absolute Gasteiger partial charge is 0.481 e. The van der Waals surface area contributed by atoms with Crippen molar-refractivity contribution in [3.05, 3.63) is 224 Å². The standard InChI is InChI=1S/3C18H12N2O5.2C2H4O2/c3*1-10-7-16(21)25-18-13(10)5-6-15-17(18)14(9-24-15)19-11-3-2-4-12(8-11)20(22)23;2*1-2(3)4/h3*2-9,19H,1H3;2*1H3,(H,3,4). The van der Waals surface area contributed by atoms with E-state index in [1.165, 1.54) is 73.4 Å². The second kappa shape index (κ2) is 24.4. The number of furan rings is 3. The number of carbonyl (C=O) groups is 2. The lowest BCUT2D eigenvalue weighted by atomic mass is 10.1. The SMILES string of the molecule is CC(=O)O.CC(=O)O.Cc1cc(=O)oc2c1ccc1occ(Nc3cccc([N+](=O)[O-])c3)c12.Cc1cc(=O)oc2c1ccc1occ(Nc3cccc([N+](=O)[O-])c3)c12.Cc1cc(=O)oc2c1ccc1occ(Nc3cccc([N+](=O)[O-])c3)c12. The third kappa shape index (κ3) is 13.3. The molecule has 0 radical (unpaired) electrons. The van der Waals surface area contributed by atoms with Crippen molar-refractivity contribution in [3.8, 4) is 0 Å². The number of rotatable bonds is 9. The Balaban J connectivity index is 0.000000152. The summed E-state index contributed by atoms with van der Waals surface area (Å²) < 4.78 is 32.8. The smallest absolute Gasteiger partial charge is 0.336 e. The van der Waals surface area contributed by atoms with Gasteiger partial charge in [-0.05, 0) is 92.1 Å². The van der Waals surface area contributed by atoms with Crippen molar-refractivity contribution in [3.63, 3.8) is 0 Å². The van der Waals surface area contributed by atoms with Crippen LogP contribution in [-0.2, 0) is 9.59 Å². The van der Waals surface area contributed by atoms with E-state index in [-0.39, 0.29) is 17.1 Å². The number of carboxylic acid groups (broad SMARTS) is 2. The Kier molecular flexibility index (Phi) is 16.9. The predicted molar refractivity (Wildman–Crippen MR) is 307 cm³/mol. The molecule has 0 aliphatic rings. The van der Waals surface area contributed by atoms with Gasteiger partial charge in [0.15, 0.2) is 16.7 Å². The number of nitro benzene ring substituents is 3. The molecule has 6 heterocycles. The molecule has 0 atom stereocenters. The first-order valence-corrected chi connectivity index (χ1v) is 24.3. The first-order chi connectivity index (χ1) is 39.5. The molecular formula is C58H44N6O19. The molecule has 420 valence electrons. The van der Waals surface area contributed by atoms with Crippen molar-refractivity contribution in [1.82, 2.24) is 0 Å². The number of aryl methyl sites for hydroxylation is 3. The first-order valence-electron chi connectivity index (χ1n) is 24.3. The lowest BCUT2D eigenvalue weighted by molar-refractivity contribution is -0.385. The summed E-state index contributed by atoms with van der Waals surface area (Å²) in [6.07, 6.45) is 4.47. The van der Waals surface area contributed by atoms with E-state index in [9.17, 15) is 44.7 Å². The highest BCUT2D eigenvalue weighted by Crippen LogP contribution is 2.39. The van der Waals surface area contributed by atoms with E-state index in [1.807, 2.05) is 39.0 Å². The van der Waals surface area contributed by atoms with Gasteiger partial charge in [-0.15, -0.1) is 0 Å².